The van der Waals surface area contributed by atoms with Crippen molar-refractivity contribution in [3.63, 3.8) is 0 Å². The zero-order valence-electron chi connectivity index (χ0n) is 26.1. The number of fused-ring (bicyclic) bond motifs is 1. The maximum Gasteiger partial charge on any atom is 0.287 e. The summed E-state index contributed by atoms with van der Waals surface area (Å²) in [4.78, 5) is 55.9. The van der Waals surface area contributed by atoms with Gasteiger partial charge in [-0.1, -0.05) is 54.6 Å². The largest absolute Gasteiger partial charge is 0.451 e. The normalized spacial score (nSPS) is 17.9. The molecule has 2 aliphatic rings. The quantitative estimate of drug-likeness (QED) is 0.301. The van der Waals surface area contributed by atoms with E-state index in [1.54, 1.807) is 29.2 Å². The van der Waals surface area contributed by atoms with Gasteiger partial charge in [-0.25, -0.2) is 0 Å². The molecule has 8 nitrogen and oxygen atoms in total. The second kappa shape index (κ2) is 13.6. The molecule has 1 aliphatic carbocycles. The van der Waals surface area contributed by atoms with E-state index in [0.717, 1.165) is 37.3 Å². The van der Waals surface area contributed by atoms with Crippen LogP contribution in [-0.4, -0.2) is 47.3 Å². The molecule has 1 unspecified atom stereocenters. The first-order valence-corrected chi connectivity index (χ1v) is 16.5. The Kier molecular flexibility index (Phi) is 9.94. The summed E-state index contributed by atoms with van der Waals surface area (Å²) in [6.07, 6.45) is 6.79. The van der Waals surface area contributed by atoms with Crippen molar-refractivity contribution in [3.8, 4) is 0 Å². The first kappa shape index (κ1) is 33.0. The van der Waals surface area contributed by atoms with Gasteiger partial charge in [0.05, 0.1) is 10.8 Å². The topological polar surface area (TPSA) is 109 Å². The summed E-state index contributed by atoms with van der Waals surface area (Å²) in [5.41, 5.74) is -0.285. The van der Waals surface area contributed by atoms with E-state index in [0.29, 0.717) is 41.4 Å². The van der Waals surface area contributed by atoms with Gasteiger partial charge in [-0.3, -0.25) is 19.2 Å². The third-order valence-corrected chi connectivity index (χ3v) is 9.65. The van der Waals surface area contributed by atoms with Crippen LogP contribution in [0.5, 0.6) is 0 Å². The molecule has 2 heterocycles. The standard InChI is InChI=1S/C35H41Cl2N3O5/c1-34(2,3)39-33(44)35(23-7-5-4-6-8-23)15-17-40(18-16-35)32(43)27(19-22-9-11-24(36)12-10-22)38-31(42)30-21-28(41)26-14-13-25(37)20-29(26)45-30/h9-14,20-21,23,27H,4-8,15-19H2,1-3H3,(H,38,42)(H,39,44). The Bertz CT molecular complexity index is 1610. The molecule has 0 spiro atoms. The molecular formula is C35H41Cl2N3O5. The maximum absolute atomic E-state index is 14.1. The van der Waals surface area contributed by atoms with Crippen LogP contribution >= 0.6 is 23.2 Å². The molecule has 1 saturated heterocycles. The van der Waals surface area contributed by atoms with Gasteiger partial charge in [0.15, 0.2) is 11.2 Å². The number of rotatable bonds is 7. The Hall–Kier alpha value is -3.36. The Morgan fingerprint density at radius 3 is 2.24 bits per heavy atom. The number of halogens is 2. The molecular weight excluding hydrogens is 613 g/mol. The Labute approximate surface area is 273 Å². The third-order valence-electron chi connectivity index (χ3n) is 9.17. The number of hydrogen-bond acceptors (Lipinski definition) is 5. The molecule has 2 fully saturated rings. The highest BCUT2D eigenvalue weighted by molar-refractivity contribution is 6.31. The molecule has 0 bridgehead atoms. The van der Waals surface area contributed by atoms with Gasteiger partial charge in [0.2, 0.25) is 11.8 Å². The fraction of sp³-hybridized carbons (Fsp3) is 0.486. The highest BCUT2D eigenvalue weighted by Crippen LogP contribution is 2.46. The van der Waals surface area contributed by atoms with Crippen molar-refractivity contribution < 1.29 is 18.8 Å². The van der Waals surface area contributed by atoms with E-state index in [-0.39, 0.29) is 46.5 Å². The van der Waals surface area contributed by atoms with Crippen LogP contribution in [0.3, 0.4) is 0 Å². The van der Waals surface area contributed by atoms with Crippen molar-refractivity contribution >= 4 is 51.9 Å². The zero-order valence-corrected chi connectivity index (χ0v) is 27.6. The van der Waals surface area contributed by atoms with E-state index in [2.05, 4.69) is 10.6 Å². The number of piperidine rings is 1. The minimum absolute atomic E-state index is 0.0754. The lowest BCUT2D eigenvalue weighted by Crippen LogP contribution is -2.59. The van der Waals surface area contributed by atoms with Gasteiger partial charge >= 0.3 is 0 Å². The van der Waals surface area contributed by atoms with E-state index in [4.69, 9.17) is 27.6 Å². The van der Waals surface area contributed by atoms with Crippen molar-refractivity contribution in [2.24, 2.45) is 11.3 Å². The minimum Gasteiger partial charge on any atom is -0.451 e. The molecule has 1 atom stereocenters. The van der Waals surface area contributed by atoms with E-state index in [9.17, 15) is 19.2 Å². The zero-order chi connectivity index (χ0) is 32.4. The summed E-state index contributed by atoms with van der Waals surface area (Å²) in [5.74, 6) is -0.791. The predicted molar refractivity (Wildman–Crippen MR) is 177 cm³/mol. The molecule has 5 rings (SSSR count). The summed E-state index contributed by atoms with van der Waals surface area (Å²) >= 11 is 12.2. The first-order valence-electron chi connectivity index (χ1n) is 15.7. The SMILES string of the molecule is CC(C)(C)NC(=O)C1(C2CCCCC2)CCN(C(=O)C(Cc2ccc(Cl)cc2)NC(=O)c2cc(=O)c3ccc(Cl)cc3o2)CC1. The molecule has 2 aromatic carbocycles. The average Bonchev–Trinajstić information content (AvgIpc) is 3.00. The van der Waals surface area contributed by atoms with Gasteiger partial charge in [0.25, 0.3) is 5.91 Å². The lowest BCUT2D eigenvalue weighted by Gasteiger charge is -2.48. The van der Waals surface area contributed by atoms with E-state index < -0.39 is 17.4 Å². The molecule has 2 N–H and O–H groups in total. The smallest absolute Gasteiger partial charge is 0.287 e. The number of nitrogens with one attached hydrogen (secondary N) is 2. The van der Waals surface area contributed by atoms with Crippen LogP contribution in [0.1, 0.15) is 81.8 Å². The second-order valence-corrected chi connectivity index (χ2v) is 14.4. The number of carbonyl (C=O) groups excluding carboxylic acids is 3. The molecule has 240 valence electrons. The highest BCUT2D eigenvalue weighted by Gasteiger charge is 2.49. The number of benzene rings is 2. The highest BCUT2D eigenvalue weighted by atomic mass is 35.5. The number of hydrogen-bond donors (Lipinski definition) is 2. The Balaban J connectivity index is 1.38. The Morgan fingerprint density at radius 2 is 1.60 bits per heavy atom. The van der Waals surface area contributed by atoms with Gasteiger partial charge in [0, 0.05) is 47.2 Å². The van der Waals surface area contributed by atoms with Crippen LogP contribution in [0.25, 0.3) is 11.0 Å². The summed E-state index contributed by atoms with van der Waals surface area (Å²) in [6.45, 7) is 6.80. The Morgan fingerprint density at radius 1 is 0.956 bits per heavy atom. The van der Waals surface area contributed by atoms with Gasteiger partial charge in [-0.05, 0) is 82.2 Å². The van der Waals surface area contributed by atoms with E-state index in [1.807, 2.05) is 32.9 Å². The maximum atomic E-state index is 14.1. The van der Waals surface area contributed by atoms with Crippen LogP contribution in [-0.2, 0) is 16.0 Å². The summed E-state index contributed by atoms with van der Waals surface area (Å²) < 4.78 is 5.75. The fourth-order valence-corrected chi connectivity index (χ4v) is 7.10. The van der Waals surface area contributed by atoms with Crippen molar-refractivity contribution in [2.75, 3.05) is 13.1 Å². The number of amides is 3. The predicted octanol–water partition coefficient (Wildman–Crippen LogP) is 6.54. The molecule has 3 amide bonds. The first-order chi connectivity index (χ1) is 21.3. The molecule has 10 heteroatoms. The van der Waals surface area contributed by atoms with Crippen molar-refractivity contribution in [1.29, 1.82) is 0 Å². The summed E-state index contributed by atoms with van der Waals surface area (Å²) in [7, 11) is 0. The minimum atomic E-state index is -0.940. The van der Waals surface area contributed by atoms with Crippen LogP contribution in [0.15, 0.2) is 57.7 Å². The van der Waals surface area contributed by atoms with Crippen LogP contribution < -0.4 is 16.1 Å². The number of nitrogens with zero attached hydrogens (tertiary/aromatic N) is 1. The van der Waals surface area contributed by atoms with Crippen molar-refractivity contribution in [2.45, 2.75) is 83.7 Å². The monoisotopic (exact) mass is 653 g/mol. The molecule has 1 aromatic heterocycles. The summed E-state index contributed by atoms with van der Waals surface area (Å²) in [6, 6.07) is 11.9. The molecule has 1 saturated carbocycles. The van der Waals surface area contributed by atoms with Crippen LogP contribution in [0.4, 0.5) is 0 Å². The number of carbonyl (C=O) groups is 3. The molecule has 0 radical (unpaired) electrons. The van der Waals surface area contributed by atoms with Crippen LogP contribution in [0.2, 0.25) is 10.0 Å². The molecule has 1 aliphatic heterocycles. The van der Waals surface area contributed by atoms with E-state index in [1.165, 1.54) is 12.5 Å². The van der Waals surface area contributed by atoms with Crippen molar-refractivity contribution in [1.82, 2.24) is 15.5 Å². The average molecular weight is 655 g/mol. The van der Waals surface area contributed by atoms with E-state index >= 15 is 0 Å². The number of likely N-dealkylation sites (tertiary alicyclic amines) is 1. The second-order valence-electron chi connectivity index (χ2n) is 13.5. The molecule has 3 aromatic rings. The molecule has 45 heavy (non-hydrogen) atoms. The lowest BCUT2D eigenvalue weighted by molar-refractivity contribution is -0.147. The van der Waals surface area contributed by atoms with Gasteiger partial charge in [-0.15, -0.1) is 0 Å². The third kappa shape index (κ3) is 7.72. The van der Waals surface area contributed by atoms with Gasteiger partial charge in [0.1, 0.15) is 11.6 Å². The van der Waals surface area contributed by atoms with Gasteiger partial charge < -0.3 is 20.0 Å². The summed E-state index contributed by atoms with van der Waals surface area (Å²) in [5, 5.41) is 7.30. The van der Waals surface area contributed by atoms with Gasteiger partial charge in [-0.2, -0.15) is 0 Å². The van der Waals surface area contributed by atoms with Crippen molar-refractivity contribution in [3.05, 3.63) is 80.1 Å². The fourth-order valence-electron chi connectivity index (χ4n) is 6.81. The lowest BCUT2D eigenvalue weighted by atomic mass is 9.63. The van der Waals surface area contributed by atoms with Crippen LogP contribution in [0, 0.1) is 11.3 Å².